The lowest BCUT2D eigenvalue weighted by Gasteiger charge is -2.50. The Labute approximate surface area is 470 Å². The number of aliphatic carboxylic acids is 1. The number of amides is 4. The number of carbonyl (C=O) groups excluding carboxylic acids is 3. The van der Waals surface area contributed by atoms with Gasteiger partial charge in [0.1, 0.15) is 116 Å². The van der Waals surface area contributed by atoms with Gasteiger partial charge in [0.25, 0.3) is 0 Å². The van der Waals surface area contributed by atoms with Gasteiger partial charge in [0.15, 0.2) is 37.6 Å². The summed E-state index contributed by atoms with van der Waals surface area (Å²) in [5, 5.41) is 163. The van der Waals surface area contributed by atoms with E-state index in [1.807, 2.05) is 0 Å². The maximum absolute atomic E-state index is 12.6. The fraction of sp³-hybridized carbons (Fsp3) is 0.909. The van der Waals surface area contributed by atoms with Crippen LogP contribution in [0.15, 0.2) is 0 Å². The number of rotatable bonds is 25. The van der Waals surface area contributed by atoms with Gasteiger partial charge in [-0.3, -0.25) is 14.1 Å². The van der Waals surface area contributed by atoms with Crippen molar-refractivity contribution in [1.82, 2.24) is 21.3 Å². The molecule has 0 radical (unpaired) electrons. The van der Waals surface area contributed by atoms with Crippen LogP contribution in [-0.4, -0.2) is 324 Å². The molecular weight excluding hydrogens is 1160 g/mol. The minimum Gasteiger partial charge on any atom is -0.479 e. The zero-order valence-corrected chi connectivity index (χ0v) is 45.0. The average Bonchev–Trinajstić information content (AvgIpc) is 3.33. The first kappa shape index (κ1) is 66.5. The van der Waals surface area contributed by atoms with Crippen LogP contribution in [0.3, 0.4) is 0 Å². The highest BCUT2D eigenvalue weighted by Crippen LogP contribution is 2.37. The van der Waals surface area contributed by atoms with Crippen molar-refractivity contribution in [3.63, 3.8) is 0 Å². The summed E-state index contributed by atoms with van der Waals surface area (Å²) in [5.74, 6) is -2.34. The fourth-order valence-corrected chi connectivity index (χ4v) is 12.6. The van der Waals surface area contributed by atoms with Crippen LogP contribution >= 0.6 is 11.8 Å². The molecule has 38 heteroatoms. The van der Waals surface area contributed by atoms with Gasteiger partial charge < -0.3 is 140 Å². The minimum absolute atomic E-state index is 0.0408. The number of aliphatic hydroxyl groups excluding tert-OH is 13. The quantitative estimate of drug-likeness (QED) is 0.0229. The van der Waals surface area contributed by atoms with Gasteiger partial charge in [-0.15, -0.1) is 0 Å². The van der Waals surface area contributed by atoms with E-state index in [0.29, 0.717) is 6.42 Å². The lowest BCUT2D eigenvalue weighted by Crippen LogP contribution is -2.70. The molecule has 7 aliphatic heterocycles. The molecule has 19 N–H and O–H groups in total. The molecule has 0 aromatic heterocycles. The van der Waals surface area contributed by atoms with E-state index in [1.54, 1.807) is 11.8 Å². The van der Waals surface area contributed by atoms with Crippen LogP contribution in [0.25, 0.3) is 0 Å². The molecule has 0 spiro atoms. The Balaban J connectivity index is 0.965. The highest BCUT2D eigenvalue weighted by Gasteiger charge is 2.58. The summed E-state index contributed by atoms with van der Waals surface area (Å²) in [6.45, 7) is -3.41. The Hall–Kier alpha value is -3.02. The van der Waals surface area contributed by atoms with Crippen LogP contribution in [0, 0.1) is 0 Å². The predicted molar refractivity (Wildman–Crippen MR) is 260 cm³/mol. The van der Waals surface area contributed by atoms with Crippen molar-refractivity contribution in [2.24, 2.45) is 0 Å². The summed E-state index contributed by atoms with van der Waals surface area (Å²) in [6, 6.07) is -1.90. The number of nitrogens with one attached hydrogen (secondary N) is 4. The molecule has 25 unspecified atom stereocenters. The maximum atomic E-state index is 12.6. The Morgan fingerprint density at radius 3 is 1.68 bits per heavy atom. The van der Waals surface area contributed by atoms with E-state index in [0.717, 1.165) is 25.5 Å². The number of thioether (sulfide) groups is 1. The molecule has 82 heavy (non-hydrogen) atoms. The van der Waals surface area contributed by atoms with Gasteiger partial charge in [-0.1, -0.05) is 6.42 Å². The molecule has 7 saturated heterocycles. The van der Waals surface area contributed by atoms with Crippen molar-refractivity contribution >= 4 is 46.0 Å². The SMILES string of the molecule is CC(=O)NC1C(OC2C(O)C(CO)OC(OC3C(CO)OC(OCCNC(=O)CCCC[C@@H]4SC[C@@H]5NC(=O)N[C@@H]54)C(O)C3O)C2O)OC(CO)C(OC2OC(CO)C(O)C(OC3OC(C(=O)O)C(O)C(OS(=O)(=O)O)C3O)C2O)C1O. The third kappa shape index (κ3) is 15.6. The Bertz CT molecular complexity index is 2240. The summed E-state index contributed by atoms with van der Waals surface area (Å²) < 4.78 is 92.9. The Kier molecular flexibility index (Phi) is 23.6. The number of fused-ring (bicyclic) bond motifs is 1. The van der Waals surface area contributed by atoms with Gasteiger partial charge in [-0.2, -0.15) is 20.2 Å². The number of ether oxygens (including phenoxy) is 10. The van der Waals surface area contributed by atoms with E-state index in [1.165, 1.54) is 0 Å². The molecule has 7 rings (SSSR count). The third-order valence-corrected chi connectivity index (χ3v) is 16.6. The van der Waals surface area contributed by atoms with Crippen LogP contribution in [0.5, 0.6) is 0 Å². The predicted octanol–water partition coefficient (Wildman–Crippen LogP) is -11.0. The molecule has 0 aromatic carbocycles. The van der Waals surface area contributed by atoms with E-state index in [-0.39, 0.29) is 48.8 Å². The van der Waals surface area contributed by atoms with Gasteiger partial charge in [-0.25, -0.2) is 13.8 Å². The average molecular weight is 1230 g/mol. The fourth-order valence-electron chi connectivity index (χ4n) is 10.5. The van der Waals surface area contributed by atoms with Crippen LogP contribution < -0.4 is 21.3 Å². The van der Waals surface area contributed by atoms with Crippen LogP contribution in [0.1, 0.15) is 32.6 Å². The van der Waals surface area contributed by atoms with Crippen LogP contribution in [0.4, 0.5) is 4.79 Å². The van der Waals surface area contributed by atoms with Gasteiger partial charge in [0.05, 0.1) is 45.1 Å². The molecule has 7 heterocycles. The smallest absolute Gasteiger partial charge is 0.397 e. The van der Waals surface area contributed by atoms with Crippen molar-refractivity contribution in [2.75, 3.05) is 45.3 Å². The van der Waals surface area contributed by atoms with Gasteiger partial charge >= 0.3 is 22.4 Å². The number of carboxylic acid groups (broad SMARTS) is 1. The summed E-state index contributed by atoms with van der Waals surface area (Å²) in [4.78, 5) is 48.7. The summed E-state index contributed by atoms with van der Waals surface area (Å²) in [6.07, 6.45) is -47.2. The summed E-state index contributed by atoms with van der Waals surface area (Å²) in [7, 11) is -5.51. The first-order chi connectivity index (χ1) is 38.8. The zero-order chi connectivity index (χ0) is 60.1. The van der Waals surface area contributed by atoms with Crippen molar-refractivity contribution in [3.05, 3.63) is 0 Å². The number of hydrogen-bond donors (Lipinski definition) is 19. The van der Waals surface area contributed by atoms with Gasteiger partial charge in [0, 0.05) is 30.9 Å². The summed E-state index contributed by atoms with van der Waals surface area (Å²) >= 11 is 1.76. The second-order valence-corrected chi connectivity index (χ2v) is 22.6. The van der Waals surface area contributed by atoms with Crippen molar-refractivity contribution < 1.29 is 155 Å². The maximum Gasteiger partial charge on any atom is 0.397 e. The lowest BCUT2D eigenvalue weighted by molar-refractivity contribution is -0.386. The Morgan fingerprint density at radius 1 is 0.622 bits per heavy atom. The molecule has 7 fully saturated rings. The molecule has 0 aromatic rings. The molecule has 4 amide bonds. The molecule has 36 nitrogen and oxygen atoms in total. The molecule has 28 atom stereocenters. The minimum atomic E-state index is -5.51. The highest BCUT2D eigenvalue weighted by molar-refractivity contribution is 8.00. The molecule has 0 saturated carbocycles. The molecule has 7 aliphatic rings. The topological polar surface area (TPSA) is 556 Å². The lowest BCUT2D eigenvalue weighted by atomic mass is 9.94. The largest absolute Gasteiger partial charge is 0.479 e. The van der Waals surface area contributed by atoms with E-state index in [4.69, 9.17) is 47.4 Å². The van der Waals surface area contributed by atoms with Crippen molar-refractivity contribution in [1.29, 1.82) is 0 Å². The third-order valence-electron chi connectivity index (χ3n) is 14.7. The number of aliphatic hydroxyl groups is 13. The van der Waals surface area contributed by atoms with E-state index < -0.39 is 202 Å². The van der Waals surface area contributed by atoms with E-state index >= 15 is 0 Å². The zero-order valence-electron chi connectivity index (χ0n) is 43.4. The number of carbonyl (C=O) groups is 4. The first-order valence-corrected chi connectivity index (χ1v) is 28.4. The van der Waals surface area contributed by atoms with Crippen molar-refractivity contribution in [2.45, 2.75) is 203 Å². The highest BCUT2D eigenvalue weighted by atomic mass is 32.3. The first-order valence-electron chi connectivity index (χ1n) is 26.0. The normalized spacial score (nSPS) is 44.3. The monoisotopic (exact) mass is 1230 g/mol. The standard InChI is InChI=1S/C44H72N4O32S2/c1-13(53)46-22-25(57)32(75-41-30(62)35(24(56)16(9-50)71-41)78-43-31(63)36(80-82(67,68)69)28(60)37(79-43)38(64)65)17(10-51)73-39(22)77-34-23(55)15(8-49)72-42(29(34)61)76-33-18(11-52)74-40(27(59)26(33)58)70-7-6-45-20(54)5-3-2-4-19-21-14(12-81-19)47-44(66)48-21/h14-19,21-37,39-43,49-52,55-63H,2-12H2,1H3,(H,45,54)(H,46,53)(H,64,65)(H2,47,48,66)(H,67,68,69)/t14-,15?,16?,17?,18?,19-,21-,22?,23?,24?,25?,26?,27?,28?,29?,30?,31?,32?,33?,34?,35?,36?,37?,39?,40?,41?,42?,43?/m0/s1. The number of hydrogen-bond acceptors (Lipinski definition) is 31. The van der Waals surface area contributed by atoms with E-state index in [9.17, 15) is 104 Å². The summed E-state index contributed by atoms with van der Waals surface area (Å²) in [5.41, 5.74) is 0. The molecule has 0 bridgehead atoms. The number of carboxylic acids is 1. The second-order valence-electron chi connectivity index (χ2n) is 20.3. The van der Waals surface area contributed by atoms with Crippen LogP contribution in [0.2, 0.25) is 0 Å². The molecule has 0 aliphatic carbocycles. The van der Waals surface area contributed by atoms with Gasteiger partial charge in [0.2, 0.25) is 11.8 Å². The number of urea groups is 1. The van der Waals surface area contributed by atoms with Gasteiger partial charge in [-0.05, 0) is 12.8 Å². The van der Waals surface area contributed by atoms with E-state index in [2.05, 4.69) is 25.5 Å². The van der Waals surface area contributed by atoms with Crippen LogP contribution in [-0.2, 0) is 76.3 Å². The second kappa shape index (κ2) is 29.1. The Morgan fingerprint density at radius 2 is 1.13 bits per heavy atom. The number of unbranched alkanes of at least 4 members (excludes halogenated alkanes) is 1. The molecule has 472 valence electrons. The van der Waals surface area contributed by atoms with Crippen molar-refractivity contribution in [3.8, 4) is 0 Å². The molecular formula is C44H72N4O32S2.